The van der Waals surface area contributed by atoms with Crippen molar-refractivity contribution in [3.63, 3.8) is 0 Å². The Labute approximate surface area is 73.6 Å². The van der Waals surface area contributed by atoms with Crippen molar-refractivity contribution in [1.29, 1.82) is 0 Å². The second kappa shape index (κ2) is 2.80. The van der Waals surface area contributed by atoms with Gasteiger partial charge in [-0.2, -0.15) is 10.2 Å². The molecular formula is C9H17N3. The Kier molecular flexibility index (Phi) is 1.91. The van der Waals surface area contributed by atoms with Crippen molar-refractivity contribution in [2.45, 2.75) is 38.3 Å². The predicted octanol–water partition coefficient (Wildman–Crippen LogP) is 1.60. The van der Waals surface area contributed by atoms with Crippen molar-refractivity contribution in [3.8, 4) is 0 Å². The highest BCUT2D eigenvalue weighted by Gasteiger charge is 2.42. The van der Waals surface area contributed by atoms with Crippen molar-refractivity contribution < 1.29 is 0 Å². The summed E-state index contributed by atoms with van der Waals surface area (Å²) in [6, 6.07) is 0.417. The summed E-state index contributed by atoms with van der Waals surface area (Å²) in [6.45, 7) is 6.66. The molecule has 0 spiro atoms. The van der Waals surface area contributed by atoms with Crippen molar-refractivity contribution in [2.75, 3.05) is 13.1 Å². The van der Waals surface area contributed by atoms with Crippen LogP contribution in [0.3, 0.4) is 0 Å². The highest BCUT2D eigenvalue weighted by molar-refractivity contribution is 5.00. The van der Waals surface area contributed by atoms with Gasteiger partial charge in [0, 0.05) is 12.5 Å². The lowest BCUT2D eigenvalue weighted by atomic mass is 9.81. The first kappa shape index (κ1) is 8.17. The second-order valence-electron chi connectivity index (χ2n) is 4.23. The summed E-state index contributed by atoms with van der Waals surface area (Å²) in [6.07, 6.45) is 2.43. The van der Waals surface area contributed by atoms with Gasteiger partial charge in [-0.1, -0.05) is 0 Å². The van der Waals surface area contributed by atoms with E-state index < -0.39 is 0 Å². The molecule has 1 fully saturated rings. The van der Waals surface area contributed by atoms with Crippen molar-refractivity contribution in [3.05, 3.63) is 0 Å². The molecule has 0 aliphatic carbocycles. The van der Waals surface area contributed by atoms with Crippen LogP contribution in [0.4, 0.5) is 0 Å². The predicted molar refractivity (Wildman–Crippen MR) is 48.3 cm³/mol. The monoisotopic (exact) mass is 167 g/mol. The van der Waals surface area contributed by atoms with Gasteiger partial charge in [-0.05, 0) is 33.2 Å². The Hall–Kier alpha value is -0.440. The van der Waals surface area contributed by atoms with Gasteiger partial charge in [-0.25, -0.2) is 0 Å². The van der Waals surface area contributed by atoms with E-state index in [2.05, 4.69) is 29.4 Å². The summed E-state index contributed by atoms with van der Waals surface area (Å²) in [7, 11) is 0. The van der Waals surface area contributed by atoms with E-state index in [0.717, 1.165) is 13.1 Å². The largest absolute Gasteiger partial charge is 0.316 e. The molecule has 3 heteroatoms. The van der Waals surface area contributed by atoms with Crippen LogP contribution in [0.25, 0.3) is 0 Å². The first-order valence-corrected chi connectivity index (χ1v) is 4.85. The molecule has 0 aromatic heterocycles. The standard InChI is InChI=1S/C9H17N3/c1-7-8-6-10-5-3-4-9(8,2)12-11-7/h7-8,10H,3-6H2,1-2H3. The van der Waals surface area contributed by atoms with Gasteiger partial charge >= 0.3 is 0 Å². The number of nitrogens with zero attached hydrogens (tertiary/aromatic N) is 2. The molecule has 2 rings (SSSR count). The fraction of sp³-hybridized carbons (Fsp3) is 1.00. The van der Waals surface area contributed by atoms with Gasteiger partial charge in [0.15, 0.2) is 0 Å². The van der Waals surface area contributed by atoms with E-state index in [1.54, 1.807) is 0 Å². The van der Waals surface area contributed by atoms with Crippen LogP contribution >= 0.6 is 0 Å². The lowest BCUT2D eigenvalue weighted by Gasteiger charge is -2.26. The Morgan fingerprint density at radius 3 is 3.17 bits per heavy atom. The zero-order chi connectivity index (χ0) is 8.60. The zero-order valence-electron chi connectivity index (χ0n) is 7.88. The van der Waals surface area contributed by atoms with Crippen LogP contribution in [0, 0.1) is 5.92 Å². The molecule has 2 heterocycles. The van der Waals surface area contributed by atoms with Crippen LogP contribution in [-0.2, 0) is 0 Å². The molecule has 1 N–H and O–H groups in total. The molecule has 0 aromatic rings. The molecule has 0 amide bonds. The quantitative estimate of drug-likeness (QED) is 0.584. The minimum Gasteiger partial charge on any atom is -0.316 e. The molecule has 0 saturated carbocycles. The molecule has 68 valence electrons. The number of hydrogen-bond acceptors (Lipinski definition) is 3. The van der Waals surface area contributed by atoms with Crippen LogP contribution in [0.15, 0.2) is 10.2 Å². The Morgan fingerprint density at radius 1 is 1.50 bits per heavy atom. The lowest BCUT2D eigenvalue weighted by Crippen LogP contribution is -2.37. The topological polar surface area (TPSA) is 36.8 Å². The normalized spacial score (nSPS) is 47.2. The molecule has 3 unspecified atom stereocenters. The summed E-state index contributed by atoms with van der Waals surface area (Å²) in [5, 5.41) is 12.1. The fourth-order valence-corrected chi connectivity index (χ4v) is 2.35. The maximum Gasteiger partial charge on any atom is 0.0849 e. The molecule has 1 saturated heterocycles. The van der Waals surface area contributed by atoms with Gasteiger partial charge < -0.3 is 5.32 Å². The van der Waals surface area contributed by atoms with Crippen LogP contribution in [0.2, 0.25) is 0 Å². The van der Waals surface area contributed by atoms with Crippen LogP contribution in [0.5, 0.6) is 0 Å². The summed E-state index contributed by atoms with van der Waals surface area (Å²) in [5.41, 5.74) is 0.142. The summed E-state index contributed by atoms with van der Waals surface area (Å²) in [5.74, 6) is 0.625. The first-order valence-electron chi connectivity index (χ1n) is 4.85. The molecule has 3 atom stereocenters. The number of fused-ring (bicyclic) bond motifs is 1. The van der Waals surface area contributed by atoms with E-state index in [4.69, 9.17) is 0 Å². The summed E-state index contributed by atoms with van der Waals surface area (Å²) < 4.78 is 0. The number of azo groups is 1. The minimum atomic E-state index is 0.142. The molecule has 0 bridgehead atoms. The Balaban J connectivity index is 2.19. The zero-order valence-corrected chi connectivity index (χ0v) is 7.88. The number of nitrogens with one attached hydrogen (secondary N) is 1. The van der Waals surface area contributed by atoms with Gasteiger partial charge in [-0.15, -0.1) is 0 Å². The van der Waals surface area contributed by atoms with E-state index in [1.807, 2.05) is 0 Å². The van der Waals surface area contributed by atoms with Gasteiger partial charge in [0.05, 0.1) is 11.6 Å². The third kappa shape index (κ3) is 1.16. The third-order valence-corrected chi connectivity index (χ3v) is 3.25. The maximum absolute atomic E-state index is 4.42. The number of rotatable bonds is 0. The smallest absolute Gasteiger partial charge is 0.0849 e. The molecule has 2 aliphatic rings. The average Bonchev–Trinajstić information content (AvgIpc) is 2.24. The van der Waals surface area contributed by atoms with E-state index >= 15 is 0 Å². The van der Waals surface area contributed by atoms with Gasteiger partial charge in [0.1, 0.15) is 0 Å². The Morgan fingerprint density at radius 2 is 2.33 bits per heavy atom. The molecule has 2 aliphatic heterocycles. The van der Waals surface area contributed by atoms with Crippen molar-refractivity contribution in [2.24, 2.45) is 16.1 Å². The highest BCUT2D eigenvalue weighted by atomic mass is 15.2. The Bertz CT molecular complexity index is 202. The second-order valence-corrected chi connectivity index (χ2v) is 4.23. The van der Waals surface area contributed by atoms with E-state index in [9.17, 15) is 0 Å². The SMILES string of the molecule is CC1N=NC2(C)CCCNCC12. The average molecular weight is 167 g/mol. The third-order valence-electron chi connectivity index (χ3n) is 3.25. The molecule has 0 aromatic carbocycles. The summed E-state index contributed by atoms with van der Waals surface area (Å²) >= 11 is 0. The van der Waals surface area contributed by atoms with E-state index in [0.29, 0.717) is 12.0 Å². The maximum atomic E-state index is 4.42. The molecule has 0 radical (unpaired) electrons. The molecular weight excluding hydrogens is 150 g/mol. The first-order chi connectivity index (χ1) is 5.72. The van der Waals surface area contributed by atoms with Crippen LogP contribution in [0.1, 0.15) is 26.7 Å². The van der Waals surface area contributed by atoms with E-state index in [-0.39, 0.29) is 5.54 Å². The van der Waals surface area contributed by atoms with Gasteiger partial charge in [0.25, 0.3) is 0 Å². The van der Waals surface area contributed by atoms with Gasteiger partial charge in [-0.3, -0.25) is 0 Å². The van der Waals surface area contributed by atoms with Crippen LogP contribution in [-0.4, -0.2) is 24.7 Å². The van der Waals surface area contributed by atoms with Crippen molar-refractivity contribution >= 4 is 0 Å². The van der Waals surface area contributed by atoms with Crippen LogP contribution < -0.4 is 5.32 Å². The minimum absolute atomic E-state index is 0.142. The van der Waals surface area contributed by atoms with E-state index in [1.165, 1.54) is 12.8 Å². The fourth-order valence-electron chi connectivity index (χ4n) is 2.35. The number of hydrogen-bond donors (Lipinski definition) is 1. The summed E-state index contributed by atoms with van der Waals surface area (Å²) in [4.78, 5) is 0. The molecule has 12 heavy (non-hydrogen) atoms. The lowest BCUT2D eigenvalue weighted by molar-refractivity contribution is 0.307. The highest BCUT2D eigenvalue weighted by Crippen LogP contribution is 2.37. The van der Waals surface area contributed by atoms with Gasteiger partial charge in [0.2, 0.25) is 0 Å². The molecule has 3 nitrogen and oxygen atoms in total. The van der Waals surface area contributed by atoms with Crippen molar-refractivity contribution in [1.82, 2.24) is 5.32 Å².